The molecule has 1 fully saturated rings. The van der Waals surface area contributed by atoms with Crippen molar-refractivity contribution < 1.29 is 0 Å². The lowest BCUT2D eigenvalue weighted by molar-refractivity contribution is 0.202. The first-order valence-corrected chi connectivity index (χ1v) is 7.34. The van der Waals surface area contributed by atoms with E-state index in [1.54, 1.807) is 0 Å². The van der Waals surface area contributed by atoms with Crippen LogP contribution in [0.1, 0.15) is 58.8 Å². The molecule has 3 heteroatoms. The van der Waals surface area contributed by atoms with Gasteiger partial charge in [-0.15, -0.1) is 0 Å². The normalized spacial score (nSPS) is 19.3. The molecule has 1 aliphatic rings. The minimum absolute atomic E-state index is 0.00563. The van der Waals surface area contributed by atoms with Crippen LogP contribution in [-0.2, 0) is 0 Å². The van der Waals surface area contributed by atoms with Gasteiger partial charge in [-0.05, 0) is 32.9 Å². The van der Waals surface area contributed by atoms with Gasteiger partial charge in [-0.3, -0.25) is 0 Å². The molecular formula is C14H28N2S. The largest absolute Gasteiger partial charge is 0.393 e. The first kappa shape index (κ1) is 14.9. The lowest BCUT2D eigenvalue weighted by Gasteiger charge is -2.31. The molecule has 2 nitrogen and oxygen atoms in total. The van der Waals surface area contributed by atoms with Gasteiger partial charge in [0.2, 0.25) is 0 Å². The number of nitrogens with zero attached hydrogens (tertiary/aromatic N) is 1. The Labute approximate surface area is 112 Å². The van der Waals surface area contributed by atoms with E-state index in [0.717, 1.165) is 19.0 Å². The van der Waals surface area contributed by atoms with Crippen molar-refractivity contribution in [3.63, 3.8) is 0 Å². The van der Waals surface area contributed by atoms with Crippen molar-refractivity contribution in [1.82, 2.24) is 4.90 Å². The number of nitrogens with two attached hydrogens (primary N) is 1. The first-order chi connectivity index (χ1) is 7.93. The number of hydrogen-bond acceptors (Lipinski definition) is 2. The molecule has 0 aromatic carbocycles. The second kappa shape index (κ2) is 6.69. The molecule has 2 N–H and O–H groups in total. The third-order valence-corrected chi connectivity index (χ3v) is 4.76. The fourth-order valence-electron chi connectivity index (χ4n) is 2.46. The van der Waals surface area contributed by atoms with Gasteiger partial charge >= 0.3 is 0 Å². The Morgan fingerprint density at radius 2 is 1.76 bits per heavy atom. The molecule has 100 valence electrons. The Kier molecular flexibility index (Phi) is 5.87. The van der Waals surface area contributed by atoms with Crippen molar-refractivity contribution in [1.29, 1.82) is 0 Å². The van der Waals surface area contributed by atoms with Crippen LogP contribution in [0.3, 0.4) is 0 Å². The maximum Gasteiger partial charge on any atom is 0.0784 e. The highest BCUT2D eigenvalue weighted by atomic mass is 32.1. The summed E-state index contributed by atoms with van der Waals surface area (Å²) in [6, 6.07) is 0.777. The monoisotopic (exact) mass is 256 g/mol. The van der Waals surface area contributed by atoms with Crippen molar-refractivity contribution in [2.75, 3.05) is 13.6 Å². The molecule has 0 atom stereocenters. The predicted octanol–water partition coefficient (Wildman–Crippen LogP) is 3.34. The van der Waals surface area contributed by atoms with Gasteiger partial charge in [0.25, 0.3) is 0 Å². The van der Waals surface area contributed by atoms with Gasteiger partial charge in [0, 0.05) is 11.5 Å². The number of hydrogen-bond donors (Lipinski definition) is 1. The van der Waals surface area contributed by atoms with Crippen molar-refractivity contribution in [2.24, 2.45) is 11.1 Å². The number of thiocarbonyl (C=S) groups is 1. The highest BCUT2D eigenvalue weighted by molar-refractivity contribution is 7.80. The minimum Gasteiger partial charge on any atom is -0.393 e. The van der Waals surface area contributed by atoms with E-state index in [1.807, 2.05) is 0 Å². The van der Waals surface area contributed by atoms with Gasteiger partial charge in [-0.25, -0.2) is 0 Å². The van der Waals surface area contributed by atoms with Crippen molar-refractivity contribution in [3.05, 3.63) is 0 Å². The fraction of sp³-hybridized carbons (Fsp3) is 0.929. The summed E-state index contributed by atoms with van der Waals surface area (Å²) in [6.07, 6.45) is 9.43. The molecule has 17 heavy (non-hydrogen) atoms. The van der Waals surface area contributed by atoms with E-state index in [0.29, 0.717) is 4.99 Å². The Bertz CT molecular complexity index is 243. The highest BCUT2D eigenvalue weighted by Gasteiger charge is 2.23. The molecule has 0 unspecified atom stereocenters. The summed E-state index contributed by atoms with van der Waals surface area (Å²) in [7, 11) is 2.26. The quantitative estimate of drug-likeness (QED) is 0.604. The summed E-state index contributed by atoms with van der Waals surface area (Å²) < 4.78 is 0. The molecule has 0 radical (unpaired) electrons. The third kappa shape index (κ3) is 4.92. The van der Waals surface area contributed by atoms with Crippen LogP contribution in [0.5, 0.6) is 0 Å². The van der Waals surface area contributed by atoms with Crippen LogP contribution >= 0.6 is 12.2 Å². The Hall–Kier alpha value is -0.150. The molecule has 0 aromatic rings. The second-order valence-corrected chi connectivity index (χ2v) is 6.56. The van der Waals surface area contributed by atoms with Crippen LogP contribution in [0.15, 0.2) is 0 Å². The molecule has 1 rings (SSSR count). The van der Waals surface area contributed by atoms with Crippen LogP contribution < -0.4 is 5.73 Å². The molecule has 0 saturated heterocycles. The molecule has 0 aliphatic heterocycles. The van der Waals surface area contributed by atoms with Crippen LogP contribution in [-0.4, -0.2) is 29.5 Å². The maximum atomic E-state index is 5.77. The molecule has 0 amide bonds. The summed E-state index contributed by atoms with van der Waals surface area (Å²) in [5, 5.41) is 0. The Morgan fingerprint density at radius 3 is 2.24 bits per heavy atom. The van der Waals surface area contributed by atoms with Crippen LogP contribution in [0.4, 0.5) is 0 Å². The average Bonchev–Trinajstić information content (AvgIpc) is 2.54. The van der Waals surface area contributed by atoms with E-state index in [1.165, 1.54) is 38.5 Å². The van der Waals surface area contributed by atoms with Crippen LogP contribution in [0.25, 0.3) is 0 Å². The topological polar surface area (TPSA) is 29.3 Å². The van der Waals surface area contributed by atoms with Crippen molar-refractivity contribution in [2.45, 2.75) is 64.8 Å². The van der Waals surface area contributed by atoms with Gasteiger partial charge in [0.05, 0.1) is 4.99 Å². The van der Waals surface area contributed by atoms with Gasteiger partial charge in [0.1, 0.15) is 0 Å². The molecule has 1 saturated carbocycles. The van der Waals surface area contributed by atoms with Crippen molar-refractivity contribution >= 4 is 17.2 Å². The molecule has 0 spiro atoms. The second-order valence-electron chi connectivity index (χ2n) is 6.12. The highest BCUT2D eigenvalue weighted by Crippen LogP contribution is 2.24. The van der Waals surface area contributed by atoms with E-state index in [9.17, 15) is 0 Å². The molecule has 1 aliphatic carbocycles. The van der Waals surface area contributed by atoms with Crippen molar-refractivity contribution in [3.8, 4) is 0 Å². The lowest BCUT2D eigenvalue weighted by atomic mass is 9.89. The number of rotatable bonds is 5. The first-order valence-electron chi connectivity index (χ1n) is 6.93. The molecular weight excluding hydrogens is 228 g/mol. The van der Waals surface area contributed by atoms with Gasteiger partial charge in [-0.2, -0.15) is 0 Å². The third-order valence-electron chi connectivity index (χ3n) is 4.20. The average molecular weight is 256 g/mol. The van der Waals surface area contributed by atoms with E-state index in [4.69, 9.17) is 18.0 Å². The fourth-order valence-corrected chi connectivity index (χ4v) is 2.56. The van der Waals surface area contributed by atoms with E-state index in [-0.39, 0.29) is 5.41 Å². The van der Waals surface area contributed by atoms with Gasteiger partial charge in [-0.1, -0.05) is 51.7 Å². The maximum absolute atomic E-state index is 5.77. The lowest BCUT2D eigenvalue weighted by Crippen LogP contribution is -2.37. The summed E-state index contributed by atoms with van der Waals surface area (Å²) >= 11 is 5.12. The minimum atomic E-state index is -0.00563. The summed E-state index contributed by atoms with van der Waals surface area (Å²) in [5.74, 6) is 0. The predicted molar refractivity (Wildman–Crippen MR) is 79.3 cm³/mol. The van der Waals surface area contributed by atoms with Gasteiger partial charge in [0.15, 0.2) is 0 Å². The molecule has 0 bridgehead atoms. The zero-order valence-corrected chi connectivity index (χ0v) is 12.5. The van der Waals surface area contributed by atoms with Gasteiger partial charge < -0.3 is 10.6 Å². The molecule has 0 heterocycles. The Morgan fingerprint density at radius 1 is 1.24 bits per heavy atom. The van der Waals surface area contributed by atoms with Crippen LogP contribution in [0.2, 0.25) is 0 Å². The summed E-state index contributed by atoms with van der Waals surface area (Å²) in [5.41, 5.74) is 5.77. The van der Waals surface area contributed by atoms with Crippen LogP contribution in [0, 0.1) is 5.41 Å². The smallest absolute Gasteiger partial charge is 0.0784 e. The van der Waals surface area contributed by atoms with E-state index < -0.39 is 0 Å². The standard InChI is InChI=1S/C14H28N2S/c1-14(2,13(15)17)10-11-16(3)12-8-6-4-5-7-9-12/h12H,4-11H2,1-3H3,(H2,15,17). The zero-order chi connectivity index (χ0) is 12.9. The van der Waals surface area contributed by atoms with E-state index >= 15 is 0 Å². The van der Waals surface area contributed by atoms with E-state index in [2.05, 4.69) is 25.8 Å². The summed E-state index contributed by atoms with van der Waals surface area (Å²) in [6.45, 7) is 5.40. The SMILES string of the molecule is CN(CCC(C)(C)C(N)=S)C1CCCCCC1. The summed E-state index contributed by atoms with van der Waals surface area (Å²) in [4.78, 5) is 3.16. The zero-order valence-electron chi connectivity index (χ0n) is 11.7. The molecule has 0 aromatic heterocycles. The Balaban J connectivity index is 2.37.